The molecule has 2 rings (SSSR count). The lowest BCUT2D eigenvalue weighted by Gasteiger charge is -2.28. The number of nitrogens with one attached hydrogen (secondary N) is 2. The molecule has 1 fully saturated rings. The van der Waals surface area contributed by atoms with Gasteiger partial charge in [0.05, 0.1) is 0 Å². The van der Waals surface area contributed by atoms with Crippen molar-refractivity contribution in [2.45, 2.75) is 31.7 Å². The average molecular weight is 304 g/mol. The number of hydrogen-bond donors (Lipinski definition) is 4. The Bertz CT molecular complexity index is 519. The third-order valence-corrected chi connectivity index (χ3v) is 4.35. The molecule has 2 amide bonds. The van der Waals surface area contributed by atoms with Crippen molar-refractivity contribution in [2.24, 2.45) is 17.4 Å². The van der Waals surface area contributed by atoms with E-state index >= 15 is 0 Å². The standard InChI is InChI=1S/C16H24N4O2/c1-19-13-4-2-10(3-5-13)9-20-14-7-11(15(17)21)6-12(8-14)16(18)22/h6-8,10,13,19-20H,2-5,9H2,1H3,(H2,17,21)(H2,18,22). The van der Waals surface area contributed by atoms with E-state index < -0.39 is 11.8 Å². The van der Waals surface area contributed by atoms with Gasteiger partial charge in [-0.2, -0.15) is 0 Å². The average Bonchev–Trinajstić information content (AvgIpc) is 2.53. The molecule has 6 N–H and O–H groups in total. The highest BCUT2D eigenvalue weighted by atomic mass is 16.1. The highest BCUT2D eigenvalue weighted by molar-refractivity contribution is 5.99. The van der Waals surface area contributed by atoms with E-state index in [-0.39, 0.29) is 11.1 Å². The summed E-state index contributed by atoms with van der Waals surface area (Å²) in [7, 11) is 2.00. The molecule has 0 unspecified atom stereocenters. The molecule has 6 heteroatoms. The molecule has 1 aliphatic rings. The predicted octanol–water partition coefficient (Wildman–Crippen LogP) is 1.07. The number of amides is 2. The summed E-state index contributed by atoms with van der Waals surface area (Å²) in [5.41, 5.74) is 11.9. The maximum absolute atomic E-state index is 11.3. The molecule has 0 radical (unpaired) electrons. The first kappa shape index (κ1) is 16.3. The Balaban J connectivity index is 2.00. The van der Waals surface area contributed by atoms with E-state index in [1.807, 2.05) is 7.05 Å². The molecule has 1 aliphatic carbocycles. The fraction of sp³-hybridized carbons (Fsp3) is 0.500. The minimum atomic E-state index is -0.569. The predicted molar refractivity (Wildman–Crippen MR) is 86.8 cm³/mol. The quantitative estimate of drug-likeness (QED) is 0.630. The number of anilines is 1. The van der Waals surface area contributed by atoms with Gasteiger partial charge in [0.15, 0.2) is 0 Å². The van der Waals surface area contributed by atoms with Crippen LogP contribution < -0.4 is 22.1 Å². The summed E-state index contributed by atoms with van der Waals surface area (Å²) < 4.78 is 0. The number of rotatable bonds is 6. The fourth-order valence-electron chi connectivity index (χ4n) is 2.93. The summed E-state index contributed by atoms with van der Waals surface area (Å²) in [6, 6.07) is 5.37. The lowest BCUT2D eigenvalue weighted by atomic mass is 9.86. The Morgan fingerprint density at radius 3 is 2.05 bits per heavy atom. The van der Waals surface area contributed by atoms with Crippen molar-refractivity contribution in [1.82, 2.24) is 5.32 Å². The van der Waals surface area contributed by atoms with E-state index in [9.17, 15) is 9.59 Å². The lowest BCUT2D eigenvalue weighted by molar-refractivity contribution is 0.0999. The minimum absolute atomic E-state index is 0.290. The van der Waals surface area contributed by atoms with Crippen molar-refractivity contribution < 1.29 is 9.59 Å². The molecule has 0 bridgehead atoms. The number of nitrogens with two attached hydrogens (primary N) is 2. The van der Waals surface area contributed by atoms with Crippen LogP contribution in [0, 0.1) is 5.92 Å². The number of carbonyl (C=O) groups is 2. The third-order valence-electron chi connectivity index (χ3n) is 4.35. The molecule has 22 heavy (non-hydrogen) atoms. The first-order chi connectivity index (χ1) is 10.5. The number of benzene rings is 1. The highest BCUT2D eigenvalue weighted by Gasteiger charge is 2.19. The molecule has 6 nitrogen and oxygen atoms in total. The second-order valence-electron chi connectivity index (χ2n) is 5.91. The largest absolute Gasteiger partial charge is 0.385 e. The van der Waals surface area contributed by atoms with Crippen LogP contribution in [-0.2, 0) is 0 Å². The summed E-state index contributed by atoms with van der Waals surface area (Å²) in [4.78, 5) is 22.7. The first-order valence-electron chi connectivity index (χ1n) is 7.65. The van der Waals surface area contributed by atoms with Gasteiger partial charge in [0.1, 0.15) is 0 Å². The van der Waals surface area contributed by atoms with Crippen molar-refractivity contribution in [2.75, 3.05) is 18.9 Å². The molecule has 0 atom stereocenters. The number of hydrogen-bond acceptors (Lipinski definition) is 4. The maximum atomic E-state index is 11.3. The first-order valence-corrected chi connectivity index (χ1v) is 7.65. The Labute approximate surface area is 130 Å². The van der Waals surface area contributed by atoms with Crippen LogP contribution in [0.5, 0.6) is 0 Å². The zero-order valence-electron chi connectivity index (χ0n) is 12.9. The van der Waals surface area contributed by atoms with Gasteiger partial charge in [0.25, 0.3) is 0 Å². The van der Waals surface area contributed by atoms with E-state index in [4.69, 9.17) is 11.5 Å². The van der Waals surface area contributed by atoms with Crippen molar-refractivity contribution in [3.05, 3.63) is 29.3 Å². The molecule has 1 aromatic rings. The topological polar surface area (TPSA) is 110 Å². The number of primary amides is 2. The summed E-state index contributed by atoms with van der Waals surface area (Å²) in [6.07, 6.45) is 4.68. The molecular weight excluding hydrogens is 280 g/mol. The molecule has 1 saturated carbocycles. The van der Waals surface area contributed by atoms with Crippen molar-refractivity contribution in [3.8, 4) is 0 Å². The van der Waals surface area contributed by atoms with Crippen LogP contribution in [0.3, 0.4) is 0 Å². The van der Waals surface area contributed by atoms with Gasteiger partial charge in [0, 0.05) is 29.4 Å². The van der Waals surface area contributed by atoms with E-state index in [0.29, 0.717) is 17.6 Å². The van der Waals surface area contributed by atoms with Crippen LogP contribution in [-0.4, -0.2) is 31.4 Å². The Morgan fingerprint density at radius 2 is 1.59 bits per heavy atom. The summed E-state index contributed by atoms with van der Waals surface area (Å²) in [5, 5.41) is 6.62. The molecular formula is C16H24N4O2. The summed E-state index contributed by atoms with van der Waals surface area (Å²) >= 11 is 0. The molecule has 120 valence electrons. The summed E-state index contributed by atoms with van der Waals surface area (Å²) in [6.45, 7) is 0.816. The van der Waals surface area contributed by atoms with Crippen LogP contribution >= 0.6 is 0 Å². The van der Waals surface area contributed by atoms with Gasteiger partial charge < -0.3 is 22.1 Å². The Morgan fingerprint density at radius 1 is 1.05 bits per heavy atom. The van der Waals surface area contributed by atoms with Gasteiger partial charge in [0.2, 0.25) is 11.8 Å². The fourth-order valence-corrected chi connectivity index (χ4v) is 2.93. The minimum Gasteiger partial charge on any atom is -0.385 e. The van der Waals surface area contributed by atoms with E-state index in [1.54, 1.807) is 12.1 Å². The maximum Gasteiger partial charge on any atom is 0.248 e. The molecule has 0 spiro atoms. The second-order valence-corrected chi connectivity index (χ2v) is 5.91. The molecule has 0 heterocycles. The molecule has 0 aromatic heterocycles. The zero-order valence-corrected chi connectivity index (χ0v) is 12.9. The Hall–Kier alpha value is -2.08. The van der Waals surface area contributed by atoms with Gasteiger partial charge in [-0.15, -0.1) is 0 Å². The Kier molecular flexibility index (Phi) is 5.38. The van der Waals surface area contributed by atoms with E-state index in [1.165, 1.54) is 18.9 Å². The highest BCUT2D eigenvalue weighted by Crippen LogP contribution is 2.25. The van der Waals surface area contributed by atoms with Crippen molar-refractivity contribution >= 4 is 17.5 Å². The van der Waals surface area contributed by atoms with Gasteiger partial charge in [-0.3, -0.25) is 9.59 Å². The van der Waals surface area contributed by atoms with Crippen LogP contribution in [0.25, 0.3) is 0 Å². The molecule has 0 aliphatic heterocycles. The van der Waals surface area contributed by atoms with Gasteiger partial charge in [-0.05, 0) is 56.8 Å². The van der Waals surface area contributed by atoms with Gasteiger partial charge in [-0.1, -0.05) is 0 Å². The van der Waals surface area contributed by atoms with E-state index in [2.05, 4.69) is 10.6 Å². The molecule has 0 saturated heterocycles. The van der Waals surface area contributed by atoms with Crippen LogP contribution in [0.4, 0.5) is 5.69 Å². The van der Waals surface area contributed by atoms with Crippen molar-refractivity contribution in [1.29, 1.82) is 0 Å². The normalized spacial score (nSPS) is 21.3. The number of carbonyl (C=O) groups excluding carboxylic acids is 2. The summed E-state index contributed by atoms with van der Waals surface area (Å²) in [5.74, 6) is -0.541. The third kappa shape index (κ3) is 4.21. The smallest absolute Gasteiger partial charge is 0.248 e. The zero-order chi connectivity index (χ0) is 16.1. The lowest BCUT2D eigenvalue weighted by Crippen LogP contribution is -2.32. The molecule has 1 aromatic carbocycles. The van der Waals surface area contributed by atoms with Crippen LogP contribution in [0.15, 0.2) is 18.2 Å². The van der Waals surface area contributed by atoms with Gasteiger partial charge in [-0.25, -0.2) is 0 Å². The monoisotopic (exact) mass is 304 g/mol. The second kappa shape index (κ2) is 7.26. The van der Waals surface area contributed by atoms with Crippen LogP contribution in [0.2, 0.25) is 0 Å². The van der Waals surface area contributed by atoms with Gasteiger partial charge >= 0.3 is 0 Å². The van der Waals surface area contributed by atoms with E-state index in [0.717, 1.165) is 19.4 Å². The SMILES string of the molecule is CNC1CCC(CNc2cc(C(N)=O)cc(C(N)=O)c2)CC1. The van der Waals surface area contributed by atoms with Crippen LogP contribution in [0.1, 0.15) is 46.4 Å². The van der Waals surface area contributed by atoms with Crippen molar-refractivity contribution in [3.63, 3.8) is 0 Å².